The minimum absolute atomic E-state index is 0.106. The molecule has 0 amide bonds. The Kier molecular flexibility index (Phi) is 6.31. The lowest BCUT2D eigenvalue weighted by atomic mass is 10.1. The lowest BCUT2D eigenvalue weighted by Gasteiger charge is -2.22. The molecule has 4 heterocycles. The molecule has 2 aliphatic rings. The highest BCUT2D eigenvalue weighted by Gasteiger charge is 2.19. The number of benzene rings is 1. The van der Waals surface area contributed by atoms with Crippen LogP contribution in [0.15, 0.2) is 42.6 Å². The van der Waals surface area contributed by atoms with Crippen molar-refractivity contribution < 1.29 is 14.2 Å². The van der Waals surface area contributed by atoms with Crippen LogP contribution in [0.1, 0.15) is 24.8 Å². The van der Waals surface area contributed by atoms with Crippen LogP contribution in [0.4, 0.5) is 5.82 Å². The molecule has 2 aromatic heterocycles. The van der Waals surface area contributed by atoms with Crippen LogP contribution in [-0.2, 0) is 9.47 Å². The molecule has 1 atom stereocenters. The molecular weight excluding hydrogens is 406 g/mol. The molecule has 8 nitrogen and oxygen atoms in total. The molecule has 1 unspecified atom stereocenters. The highest BCUT2D eigenvalue weighted by Crippen LogP contribution is 2.23. The molecule has 168 valence electrons. The fourth-order valence-corrected chi connectivity index (χ4v) is 4.07. The maximum Gasteiger partial charge on any atom is 0.320 e. The average Bonchev–Trinajstić information content (AvgIpc) is 3.45. The van der Waals surface area contributed by atoms with Gasteiger partial charge in [0.15, 0.2) is 5.82 Å². The second kappa shape index (κ2) is 9.67. The van der Waals surface area contributed by atoms with Gasteiger partial charge in [0.25, 0.3) is 0 Å². The number of rotatable bonds is 6. The van der Waals surface area contributed by atoms with Gasteiger partial charge in [0, 0.05) is 44.1 Å². The van der Waals surface area contributed by atoms with Gasteiger partial charge >= 0.3 is 6.01 Å². The predicted octanol–water partition coefficient (Wildman–Crippen LogP) is 3.42. The van der Waals surface area contributed by atoms with E-state index in [1.165, 1.54) is 5.56 Å². The quantitative estimate of drug-likeness (QED) is 0.587. The maximum absolute atomic E-state index is 5.98. The molecule has 0 saturated carbocycles. The van der Waals surface area contributed by atoms with Crippen LogP contribution >= 0.6 is 0 Å². The third kappa shape index (κ3) is 4.92. The van der Waals surface area contributed by atoms with E-state index in [2.05, 4.69) is 35.0 Å². The van der Waals surface area contributed by atoms with Crippen molar-refractivity contribution in [2.45, 2.75) is 32.3 Å². The van der Waals surface area contributed by atoms with E-state index in [1.54, 1.807) is 4.68 Å². The summed E-state index contributed by atoms with van der Waals surface area (Å²) in [5.74, 6) is 1.51. The van der Waals surface area contributed by atoms with Crippen LogP contribution in [0.5, 0.6) is 6.01 Å². The number of hydrogen-bond acceptors (Lipinski definition) is 7. The third-order valence-corrected chi connectivity index (χ3v) is 5.78. The maximum atomic E-state index is 5.98. The predicted molar refractivity (Wildman–Crippen MR) is 121 cm³/mol. The van der Waals surface area contributed by atoms with E-state index in [0.29, 0.717) is 25.0 Å². The van der Waals surface area contributed by atoms with E-state index in [1.807, 2.05) is 24.4 Å². The summed E-state index contributed by atoms with van der Waals surface area (Å²) in [5, 5.41) is 4.78. The molecule has 8 heteroatoms. The van der Waals surface area contributed by atoms with Crippen molar-refractivity contribution in [1.29, 1.82) is 0 Å². The molecule has 0 aliphatic carbocycles. The molecule has 1 aromatic carbocycles. The number of ether oxygens (including phenoxy) is 3. The van der Waals surface area contributed by atoms with Crippen molar-refractivity contribution in [3.8, 4) is 23.1 Å². The summed E-state index contributed by atoms with van der Waals surface area (Å²) in [6.07, 6.45) is 5.08. The molecule has 32 heavy (non-hydrogen) atoms. The third-order valence-electron chi connectivity index (χ3n) is 5.78. The minimum atomic E-state index is 0.106. The Morgan fingerprint density at radius 3 is 2.84 bits per heavy atom. The van der Waals surface area contributed by atoms with Crippen molar-refractivity contribution in [1.82, 2.24) is 19.7 Å². The van der Waals surface area contributed by atoms with Gasteiger partial charge in [-0.15, -0.1) is 0 Å². The minimum Gasteiger partial charge on any atom is -0.461 e. The zero-order valence-corrected chi connectivity index (χ0v) is 18.4. The first-order chi connectivity index (χ1) is 15.7. The molecule has 0 spiro atoms. The Labute approximate surface area is 188 Å². The zero-order chi connectivity index (χ0) is 21.8. The van der Waals surface area contributed by atoms with Gasteiger partial charge in [0.1, 0.15) is 12.4 Å². The Hall–Kier alpha value is -2.97. The fourth-order valence-electron chi connectivity index (χ4n) is 4.07. The molecular formula is C24H29N5O3. The van der Waals surface area contributed by atoms with E-state index < -0.39 is 0 Å². The molecule has 3 aromatic rings. The number of aromatic nitrogens is 4. The van der Waals surface area contributed by atoms with E-state index in [4.69, 9.17) is 24.3 Å². The normalized spacial score (nSPS) is 19.2. The van der Waals surface area contributed by atoms with Crippen molar-refractivity contribution in [3.63, 3.8) is 0 Å². The fraction of sp³-hybridized carbons (Fsp3) is 0.458. The molecule has 5 rings (SSSR count). The smallest absolute Gasteiger partial charge is 0.320 e. The van der Waals surface area contributed by atoms with Crippen molar-refractivity contribution >= 4 is 5.82 Å². The van der Waals surface area contributed by atoms with Gasteiger partial charge in [0.2, 0.25) is 0 Å². The lowest BCUT2D eigenvalue weighted by molar-refractivity contribution is 0.0645. The standard InChI is InChI=1S/C24H29N5O3/c1-18-5-2-6-19(15-18)21-8-10-29(27-21)23-16-22(28-9-4-12-30-14-11-28)25-24(26-23)32-17-20-7-3-13-31-20/h2,5-6,8,10,15-16,20H,3-4,7,9,11-14,17H2,1H3. The van der Waals surface area contributed by atoms with Gasteiger partial charge in [-0.2, -0.15) is 15.1 Å². The van der Waals surface area contributed by atoms with Crippen LogP contribution in [0.2, 0.25) is 0 Å². The molecule has 0 N–H and O–H groups in total. The molecule has 0 radical (unpaired) electrons. The second-order valence-corrected chi connectivity index (χ2v) is 8.28. The highest BCUT2D eigenvalue weighted by molar-refractivity contribution is 5.60. The van der Waals surface area contributed by atoms with E-state index in [9.17, 15) is 0 Å². The number of anilines is 1. The van der Waals surface area contributed by atoms with Crippen LogP contribution in [0.25, 0.3) is 17.1 Å². The molecule has 0 bridgehead atoms. The topological polar surface area (TPSA) is 74.5 Å². The Morgan fingerprint density at radius 2 is 1.97 bits per heavy atom. The van der Waals surface area contributed by atoms with Crippen molar-refractivity contribution in [2.24, 2.45) is 0 Å². The Bertz CT molecular complexity index is 1040. The summed E-state index contributed by atoms with van der Waals surface area (Å²) < 4.78 is 19.1. The lowest BCUT2D eigenvalue weighted by Crippen LogP contribution is -2.27. The SMILES string of the molecule is Cc1cccc(-c2ccn(-c3cc(N4CCCOCC4)nc(OCC4CCCO4)n3)n2)c1. The van der Waals surface area contributed by atoms with Crippen molar-refractivity contribution in [2.75, 3.05) is 44.4 Å². The van der Waals surface area contributed by atoms with Gasteiger partial charge in [-0.1, -0.05) is 23.8 Å². The molecule has 2 aliphatic heterocycles. The summed E-state index contributed by atoms with van der Waals surface area (Å²) in [4.78, 5) is 11.6. The number of aryl methyl sites for hydroxylation is 1. The van der Waals surface area contributed by atoms with Gasteiger partial charge in [-0.25, -0.2) is 4.68 Å². The van der Waals surface area contributed by atoms with Crippen LogP contribution in [0.3, 0.4) is 0 Å². The number of hydrogen-bond donors (Lipinski definition) is 0. The first-order valence-corrected chi connectivity index (χ1v) is 11.3. The van der Waals surface area contributed by atoms with Gasteiger partial charge in [-0.3, -0.25) is 0 Å². The van der Waals surface area contributed by atoms with E-state index >= 15 is 0 Å². The zero-order valence-electron chi connectivity index (χ0n) is 18.4. The summed E-state index contributed by atoms with van der Waals surface area (Å²) >= 11 is 0. The van der Waals surface area contributed by atoms with Crippen molar-refractivity contribution in [3.05, 3.63) is 48.2 Å². The van der Waals surface area contributed by atoms with Gasteiger partial charge in [-0.05, 0) is 38.3 Å². The van der Waals surface area contributed by atoms with E-state index in [-0.39, 0.29) is 6.10 Å². The summed E-state index contributed by atoms with van der Waals surface area (Å²) in [5.41, 5.74) is 3.19. The highest BCUT2D eigenvalue weighted by atomic mass is 16.5. The van der Waals surface area contributed by atoms with Gasteiger partial charge in [0.05, 0.1) is 18.4 Å². The van der Waals surface area contributed by atoms with E-state index in [0.717, 1.165) is 62.6 Å². The Morgan fingerprint density at radius 1 is 1.03 bits per heavy atom. The summed E-state index contributed by atoms with van der Waals surface area (Å²) in [6, 6.07) is 12.7. The largest absolute Gasteiger partial charge is 0.461 e. The Balaban J connectivity index is 1.44. The molecule has 2 saturated heterocycles. The van der Waals surface area contributed by atoms with Crippen LogP contribution in [0, 0.1) is 6.92 Å². The average molecular weight is 436 g/mol. The summed E-state index contributed by atoms with van der Waals surface area (Å²) in [6.45, 7) is 6.47. The monoisotopic (exact) mass is 435 g/mol. The first kappa shape index (κ1) is 20.9. The summed E-state index contributed by atoms with van der Waals surface area (Å²) in [7, 11) is 0. The number of nitrogens with zero attached hydrogens (tertiary/aromatic N) is 5. The van der Waals surface area contributed by atoms with Crippen LogP contribution < -0.4 is 9.64 Å². The second-order valence-electron chi connectivity index (χ2n) is 8.28. The first-order valence-electron chi connectivity index (χ1n) is 11.3. The molecule has 2 fully saturated rings. The van der Waals surface area contributed by atoms with Crippen LogP contribution in [-0.4, -0.2) is 65.4 Å². The van der Waals surface area contributed by atoms with Gasteiger partial charge < -0.3 is 19.1 Å².